The van der Waals surface area contributed by atoms with Crippen molar-refractivity contribution >= 4 is 29.2 Å². The second-order valence-corrected chi connectivity index (χ2v) is 4.47. The molecule has 6 nitrogen and oxygen atoms in total. The number of nitrogens with one attached hydrogen (secondary N) is 2. The van der Waals surface area contributed by atoms with Gasteiger partial charge in [0.2, 0.25) is 5.95 Å². The molecule has 100 valence electrons. The van der Waals surface area contributed by atoms with Crippen molar-refractivity contribution in [2.75, 3.05) is 12.5 Å². The van der Waals surface area contributed by atoms with Gasteiger partial charge in [-0.25, -0.2) is 14.8 Å². The van der Waals surface area contributed by atoms with Crippen LogP contribution in [0.4, 0.5) is 5.95 Å². The third-order valence-corrected chi connectivity index (χ3v) is 2.99. The summed E-state index contributed by atoms with van der Waals surface area (Å²) in [5, 5.41) is 0.714. The molecule has 0 aliphatic rings. The Morgan fingerprint density at radius 2 is 1.84 bits per heavy atom. The summed E-state index contributed by atoms with van der Waals surface area (Å²) < 4.78 is 1.27. The van der Waals surface area contributed by atoms with E-state index in [1.165, 1.54) is 4.57 Å². The highest BCUT2D eigenvalue weighted by Gasteiger charge is 2.14. The molecular formula is C11H11Cl2N5O. The van der Waals surface area contributed by atoms with E-state index < -0.39 is 5.69 Å². The second kappa shape index (κ2) is 5.56. The molecule has 0 saturated carbocycles. The summed E-state index contributed by atoms with van der Waals surface area (Å²) in [4.78, 5) is 20.0. The van der Waals surface area contributed by atoms with Crippen molar-refractivity contribution in [3.05, 3.63) is 44.6 Å². The lowest BCUT2D eigenvalue weighted by atomic mass is 10.3. The molecule has 19 heavy (non-hydrogen) atoms. The maximum Gasteiger partial charge on any atom is 0.357 e. The average molecular weight is 300 g/mol. The van der Waals surface area contributed by atoms with E-state index >= 15 is 0 Å². The molecule has 0 unspecified atom stereocenters. The third-order valence-electron chi connectivity index (χ3n) is 2.38. The summed E-state index contributed by atoms with van der Waals surface area (Å²) in [6.07, 6.45) is 0. The number of aromatic nitrogens is 3. The average Bonchev–Trinajstić information content (AvgIpc) is 2.32. The van der Waals surface area contributed by atoms with Gasteiger partial charge in [-0.2, -0.15) is 9.97 Å². The number of halogens is 2. The van der Waals surface area contributed by atoms with Crippen LogP contribution in [0.15, 0.2) is 23.0 Å². The van der Waals surface area contributed by atoms with E-state index in [0.717, 1.165) is 0 Å². The van der Waals surface area contributed by atoms with Gasteiger partial charge < -0.3 is 0 Å². The first-order valence-electron chi connectivity index (χ1n) is 5.39. The molecule has 0 amide bonds. The number of para-hydroxylation sites is 1. The first-order chi connectivity index (χ1) is 9.04. The van der Waals surface area contributed by atoms with Gasteiger partial charge in [0.1, 0.15) is 5.82 Å². The Labute approximate surface area is 119 Å². The lowest BCUT2D eigenvalue weighted by Crippen LogP contribution is -2.29. The topological polar surface area (TPSA) is 71.8 Å². The molecule has 1 heterocycles. The van der Waals surface area contributed by atoms with E-state index in [1.54, 1.807) is 32.2 Å². The van der Waals surface area contributed by atoms with Crippen LogP contribution in [0.1, 0.15) is 5.82 Å². The summed E-state index contributed by atoms with van der Waals surface area (Å²) in [6, 6.07) is 5.00. The van der Waals surface area contributed by atoms with Crippen molar-refractivity contribution in [3.8, 4) is 5.69 Å². The standard InChI is InChI=1S/C11H11Cl2N5O/c1-6-15-10(17-14-2)16-11(19)18(6)9-7(12)4-3-5-8(9)13/h3-5,14H,1-2H3,(H,16,17,19). The quantitative estimate of drug-likeness (QED) is 0.846. The summed E-state index contributed by atoms with van der Waals surface area (Å²) in [7, 11) is 1.65. The molecule has 2 N–H and O–H groups in total. The number of benzene rings is 1. The summed E-state index contributed by atoms with van der Waals surface area (Å²) in [5.41, 5.74) is 5.16. The number of nitrogens with zero attached hydrogens (tertiary/aromatic N) is 3. The normalized spacial score (nSPS) is 10.5. The Morgan fingerprint density at radius 1 is 1.21 bits per heavy atom. The van der Waals surface area contributed by atoms with E-state index in [1.807, 2.05) is 0 Å². The first-order valence-corrected chi connectivity index (χ1v) is 6.15. The van der Waals surface area contributed by atoms with Crippen molar-refractivity contribution in [2.45, 2.75) is 6.92 Å². The Morgan fingerprint density at radius 3 is 2.37 bits per heavy atom. The van der Waals surface area contributed by atoms with Gasteiger partial charge in [-0.05, 0) is 19.1 Å². The highest BCUT2D eigenvalue weighted by Crippen LogP contribution is 2.27. The zero-order chi connectivity index (χ0) is 14.0. The lowest BCUT2D eigenvalue weighted by Gasteiger charge is -2.12. The van der Waals surface area contributed by atoms with Crippen LogP contribution in [0.25, 0.3) is 5.69 Å². The van der Waals surface area contributed by atoms with Crippen molar-refractivity contribution < 1.29 is 0 Å². The van der Waals surface area contributed by atoms with E-state index in [9.17, 15) is 4.79 Å². The zero-order valence-electron chi connectivity index (χ0n) is 10.2. The van der Waals surface area contributed by atoms with Crippen molar-refractivity contribution in [2.24, 2.45) is 0 Å². The predicted octanol–water partition coefficient (Wildman–Crippen LogP) is 1.79. The number of rotatable bonds is 3. The third kappa shape index (κ3) is 2.70. The largest absolute Gasteiger partial charge is 0.357 e. The minimum atomic E-state index is -0.514. The van der Waals surface area contributed by atoms with Gasteiger partial charge in [0, 0.05) is 7.05 Å². The molecule has 0 bridgehead atoms. The predicted molar refractivity (Wildman–Crippen MR) is 75.1 cm³/mol. The molecule has 1 aromatic heterocycles. The number of hydrogen-bond acceptors (Lipinski definition) is 5. The van der Waals surface area contributed by atoms with Crippen LogP contribution in [0.5, 0.6) is 0 Å². The van der Waals surface area contributed by atoms with Crippen molar-refractivity contribution in [1.82, 2.24) is 20.0 Å². The van der Waals surface area contributed by atoms with Crippen LogP contribution >= 0.6 is 23.2 Å². The summed E-state index contributed by atoms with van der Waals surface area (Å²) in [5.74, 6) is 0.608. The fourth-order valence-corrected chi connectivity index (χ4v) is 2.20. The van der Waals surface area contributed by atoms with Crippen LogP contribution in [0.2, 0.25) is 10.0 Å². The van der Waals surface area contributed by atoms with Gasteiger partial charge >= 0.3 is 5.69 Å². The monoisotopic (exact) mass is 299 g/mol. The summed E-state index contributed by atoms with van der Waals surface area (Å²) >= 11 is 12.2. The van der Waals surface area contributed by atoms with Gasteiger partial charge in [-0.15, -0.1) is 0 Å². The molecule has 0 atom stereocenters. The molecule has 2 aromatic rings. The molecular weight excluding hydrogens is 289 g/mol. The SMILES string of the molecule is CNNc1nc(C)n(-c2c(Cl)cccc2Cl)c(=O)n1. The molecule has 2 rings (SSSR count). The zero-order valence-corrected chi connectivity index (χ0v) is 11.7. The highest BCUT2D eigenvalue weighted by molar-refractivity contribution is 6.37. The van der Waals surface area contributed by atoms with Gasteiger partial charge in [0.25, 0.3) is 0 Å². The number of aryl methyl sites for hydroxylation is 1. The Hall–Kier alpha value is -1.63. The Bertz CT molecular complexity index is 650. The minimum absolute atomic E-state index is 0.185. The van der Waals surface area contributed by atoms with Crippen molar-refractivity contribution in [1.29, 1.82) is 0 Å². The molecule has 8 heteroatoms. The molecule has 0 spiro atoms. The van der Waals surface area contributed by atoms with Crippen LogP contribution < -0.4 is 16.5 Å². The van der Waals surface area contributed by atoms with Crippen LogP contribution in [-0.2, 0) is 0 Å². The van der Waals surface area contributed by atoms with Gasteiger partial charge in [0.05, 0.1) is 15.7 Å². The minimum Gasteiger partial charge on any atom is -0.290 e. The van der Waals surface area contributed by atoms with E-state index in [0.29, 0.717) is 21.6 Å². The molecule has 1 aromatic carbocycles. The fourth-order valence-electron chi connectivity index (χ4n) is 1.64. The van der Waals surface area contributed by atoms with Crippen LogP contribution in [0, 0.1) is 6.92 Å². The molecule has 0 radical (unpaired) electrons. The van der Waals surface area contributed by atoms with Gasteiger partial charge in [-0.3, -0.25) is 5.43 Å². The molecule has 0 saturated heterocycles. The Balaban J connectivity index is 2.67. The first kappa shape index (κ1) is 13.8. The van der Waals surface area contributed by atoms with E-state index in [2.05, 4.69) is 20.8 Å². The highest BCUT2D eigenvalue weighted by atomic mass is 35.5. The van der Waals surface area contributed by atoms with E-state index in [-0.39, 0.29) is 5.95 Å². The number of hydrogen-bond donors (Lipinski definition) is 2. The maximum absolute atomic E-state index is 12.1. The maximum atomic E-state index is 12.1. The van der Waals surface area contributed by atoms with Crippen LogP contribution in [-0.4, -0.2) is 21.6 Å². The smallest absolute Gasteiger partial charge is 0.290 e. The molecule has 0 fully saturated rings. The lowest BCUT2D eigenvalue weighted by molar-refractivity contribution is 0.796. The van der Waals surface area contributed by atoms with Gasteiger partial charge in [0.15, 0.2) is 0 Å². The number of anilines is 1. The van der Waals surface area contributed by atoms with E-state index in [4.69, 9.17) is 23.2 Å². The van der Waals surface area contributed by atoms with Gasteiger partial charge in [-0.1, -0.05) is 29.3 Å². The Kier molecular flexibility index (Phi) is 4.04. The fraction of sp³-hybridized carbons (Fsp3) is 0.182. The number of hydrazine groups is 1. The second-order valence-electron chi connectivity index (χ2n) is 3.66. The summed E-state index contributed by atoms with van der Waals surface area (Å²) in [6.45, 7) is 1.67. The van der Waals surface area contributed by atoms with Crippen LogP contribution in [0.3, 0.4) is 0 Å². The molecule has 0 aliphatic heterocycles. The van der Waals surface area contributed by atoms with Crippen molar-refractivity contribution in [3.63, 3.8) is 0 Å². The molecule has 0 aliphatic carbocycles.